The van der Waals surface area contributed by atoms with Gasteiger partial charge in [0.15, 0.2) is 0 Å². The van der Waals surface area contributed by atoms with Gasteiger partial charge >= 0.3 is 0 Å². The molecule has 0 fully saturated rings. The van der Waals surface area contributed by atoms with Crippen molar-refractivity contribution in [3.05, 3.63) is 83.4 Å². The van der Waals surface area contributed by atoms with Crippen LogP contribution in [0.2, 0.25) is 0 Å². The predicted octanol–water partition coefficient (Wildman–Crippen LogP) is 3.40. The van der Waals surface area contributed by atoms with Crippen LogP contribution in [0.25, 0.3) is 11.8 Å². The number of hydrogen-bond donors (Lipinski definition) is 2. The Morgan fingerprint density at radius 1 is 1.07 bits per heavy atom. The highest BCUT2D eigenvalue weighted by Gasteiger charge is 2.11. The Hall–Kier alpha value is -3.74. The van der Waals surface area contributed by atoms with Crippen molar-refractivity contribution in [3.8, 4) is 5.69 Å². The lowest BCUT2D eigenvalue weighted by Crippen LogP contribution is -2.31. The summed E-state index contributed by atoms with van der Waals surface area (Å²) < 4.78 is 14.8. The third-order valence-corrected chi connectivity index (χ3v) is 4.30. The number of aryl methyl sites for hydroxylation is 1. The third-order valence-electron chi connectivity index (χ3n) is 4.30. The van der Waals surface area contributed by atoms with Crippen LogP contribution in [-0.4, -0.2) is 28.1 Å². The molecule has 0 radical (unpaired) electrons. The molecule has 2 aromatic carbocycles. The number of hydrogen-bond acceptors (Lipinski definition) is 3. The van der Waals surface area contributed by atoms with Gasteiger partial charge in [0, 0.05) is 23.0 Å². The van der Waals surface area contributed by atoms with Gasteiger partial charge in [-0.3, -0.25) is 9.59 Å². The van der Waals surface area contributed by atoms with E-state index in [1.165, 1.54) is 18.2 Å². The second-order valence-corrected chi connectivity index (χ2v) is 6.44. The van der Waals surface area contributed by atoms with E-state index in [1.54, 1.807) is 35.0 Å². The fraction of sp³-hybridized carbons (Fsp3) is 0.136. The summed E-state index contributed by atoms with van der Waals surface area (Å²) in [6.07, 6.45) is 3.02. The summed E-state index contributed by atoms with van der Waals surface area (Å²) in [6, 6.07) is 15.0. The fourth-order valence-corrected chi connectivity index (χ4v) is 2.84. The van der Waals surface area contributed by atoms with E-state index in [1.807, 2.05) is 32.0 Å². The highest BCUT2D eigenvalue weighted by Crippen LogP contribution is 2.19. The molecule has 0 atom stereocenters. The average Bonchev–Trinajstić information content (AvgIpc) is 3.00. The molecule has 6 nitrogen and oxygen atoms in total. The number of carbonyl (C=O) groups excluding carboxylic acids is 2. The molecule has 0 saturated heterocycles. The summed E-state index contributed by atoms with van der Waals surface area (Å²) in [5.41, 5.74) is 3.74. The number of aromatic nitrogens is 2. The summed E-state index contributed by atoms with van der Waals surface area (Å²) in [6.45, 7) is 3.57. The Morgan fingerprint density at radius 2 is 1.76 bits per heavy atom. The van der Waals surface area contributed by atoms with E-state index in [0.717, 1.165) is 22.6 Å². The molecule has 0 aliphatic heterocycles. The van der Waals surface area contributed by atoms with Gasteiger partial charge in [-0.15, -0.1) is 0 Å². The first-order valence-corrected chi connectivity index (χ1v) is 9.07. The molecule has 3 rings (SSSR count). The number of nitrogens with zero attached hydrogens (tertiary/aromatic N) is 2. The van der Waals surface area contributed by atoms with E-state index in [4.69, 9.17) is 0 Å². The molecule has 0 bridgehead atoms. The molecule has 1 aromatic heterocycles. The van der Waals surface area contributed by atoms with Crippen LogP contribution in [0.15, 0.2) is 60.7 Å². The van der Waals surface area contributed by atoms with Crippen LogP contribution in [0.1, 0.15) is 17.0 Å². The zero-order valence-corrected chi connectivity index (χ0v) is 16.1. The molecular weight excluding hydrogens is 371 g/mol. The van der Waals surface area contributed by atoms with E-state index in [2.05, 4.69) is 15.7 Å². The summed E-state index contributed by atoms with van der Waals surface area (Å²) in [4.78, 5) is 24.0. The quantitative estimate of drug-likeness (QED) is 0.632. The second-order valence-electron chi connectivity index (χ2n) is 6.44. The van der Waals surface area contributed by atoms with Crippen molar-refractivity contribution in [2.45, 2.75) is 13.8 Å². The summed E-state index contributed by atoms with van der Waals surface area (Å²) in [5.74, 6) is -1.01. The average molecular weight is 392 g/mol. The normalized spacial score (nSPS) is 10.9. The number of anilines is 1. The van der Waals surface area contributed by atoms with Crippen LogP contribution in [0, 0.1) is 19.7 Å². The SMILES string of the molecule is Cc1nn(-c2ccc(F)cc2)c(C)c1C=CC(=O)NCC(=O)Nc1ccccc1. The van der Waals surface area contributed by atoms with E-state index >= 15 is 0 Å². The lowest BCUT2D eigenvalue weighted by molar-refractivity contribution is -0.121. The molecule has 148 valence electrons. The number of amides is 2. The van der Waals surface area contributed by atoms with Gasteiger partial charge in [-0.05, 0) is 56.3 Å². The van der Waals surface area contributed by atoms with E-state index < -0.39 is 0 Å². The number of rotatable bonds is 6. The van der Waals surface area contributed by atoms with Crippen molar-refractivity contribution in [1.29, 1.82) is 0 Å². The molecule has 0 aliphatic carbocycles. The highest BCUT2D eigenvalue weighted by molar-refractivity contribution is 5.98. The first-order chi connectivity index (χ1) is 13.9. The zero-order chi connectivity index (χ0) is 20.8. The van der Waals surface area contributed by atoms with E-state index in [0.29, 0.717) is 5.69 Å². The minimum atomic E-state index is -0.387. The van der Waals surface area contributed by atoms with Crippen molar-refractivity contribution in [2.24, 2.45) is 0 Å². The molecule has 2 amide bonds. The van der Waals surface area contributed by atoms with Crippen molar-refractivity contribution >= 4 is 23.6 Å². The maximum Gasteiger partial charge on any atom is 0.244 e. The first kappa shape index (κ1) is 20.0. The van der Waals surface area contributed by atoms with Crippen molar-refractivity contribution in [3.63, 3.8) is 0 Å². The van der Waals surface area contributed by atoms with Crippen LogP contribution in [0.5, 0.6) is 0 Å². The van der Waals surface area contributed by atoms with Gasteiger partial charge < -0.3 is 10.6 Å². The summed E-state index contributed by atoms with van der Waals surface area (Å²) in [7, 11) is 0. The smallest absolute Gasteiger partial charge is 0.244 e. The van der Waals surface area contributed by atoms with Crippen molar-refractivity contribution < 1.29 is 14.0 Å². The Kier molecular flexibility index (Phi) is 6.19. The largest absolute Gasteiger partial charge is 0.343 e. The molecule has 0 unspecified atom stereocenters. The zero-order valence-electron chi connectivity index (χ0n) is 16.1. The van der Waals surface area contributed by atoms with Gasteiger partial charge in [0.2, 0.25) is 11.8 Å². The predicted molar refractivity (Wildman–Crippen MR) is 110 cm³/mol. The maximum atomic E-state index is 13.1. The molecule has 29 heavy (non-hydrogen) atoms. The molecule has 1 heterocycles. The van der Waals surface area contributed by atoms with Crippen LogP contribution in [0.3, 0.4) is 0 Å². The molecular formula is C22H21FN4O2. The summed E-state index contributed by atoms with van der Waals surface area (Å²) >= 11 is 0. The number of benzene rings is 2. The highest BCUT2D eigenvalue weighted by atomic mass is 19.1. The van der Waals surface area contributed by atoms with Crippen LogP contribution in [-0.2, 0) is 9.59 Å². The molecule has 7 heteroatoms. The van der Waals surface area contributed by atoms with Gasteiger partial charge in [-0.1, -0.05) is 18.2 Å². The summed E-state index contributed by atoms with van der Waals surface area (Å²) in [5, 5.41) is 9.70. The second kappa shape index (κ2) is 8.97. The van der Waals surface area contributed by atoms with Crippen LogP contribution < -0.4 is 10.6 Å². The van der Waals surface area contributed by atoms with Crippen LogP contribution >= 0.6 is 0 Å². The van der Waals surface area contributed by atoms with Crippen molar-refractivity contribution in [1.82, 2.24) is 15.1 Å². The van der Waals surface area contributed by atoms with E-state index in [-0.39, 0.29) is 24.2 Å². The Balaban J connectivity index is 1.61. The maximum absolute atomic E-state index is 13.1. The number of halogens is 1. The molecule has 3 aromatic rings. The molecule has 0 saturated carbocycles. The van der Waals surface area contributed by atoms with Gasteiger partial charge in [-0.2, -0.15) is 5.10 Å². The topological polar surface area (TPSA) is 76.0 Å². The monoisotopic (exact) mass is 392 g/mol. The lowest BCUT2D eigenvalue weighted by Gasteiger charge is -2.05. The number of carbonyl (C=O) groups is 2. The van der Waals surface area contributed by atoms with Crippen LogP contribution in [0.4, 0.5) is 10.1 Å². The first-order valence-electron chi connectivity index (χ1n) is 9.07. The molecule has 2 N–H and O–H groups in total. The number of nitrogens with one attached hydrogen (secondary N) is 2. The van der Waals surface area contributed by atoms with Gasteiger partial charge in [-0.25, -0.2) is 9.07 Å². The Morgan fingerprint density at radius 3 is 2.45 bits per heavy atom. The lowest BCUT2D eigenvalue weighted by atomic mass is 10.2. The fourth-order valence-electron chi connectivity index (χ4n) is 2.84. The van der Waals surface area contributed by atoms with Gasteiger partial charge in [0.1, 0.15) is 5.82 Å². The standard InChI is InChI=1S/C22H21FN4O2/c1-15-20(16(2)27(26-15)19-10-8-17(23)9-11-19)12-13-21(28)24-14-22(29)25-18-6-4-3-5-7-18/h3-13H,14H2,1-2H3,(H,24,28)(H,25,29). The van der Waals surface area contributed by atoms with Gasteiger partial charge in [0.25, 0.3) is 0 Å². The molecule has 0 aliphatic rings. The minimum absolute atomic E-state index is 0.134. The van der Waals surface area contributed by atoms with E-state index in [9.17, 15) is 14.0 Å². The number of para-hydroxylation sites is 1. The van der Waals surface area contributed by atoms with Gasteiger partial charge in [0.05, 0.1) is 17.9 Å². The minimum Gasteiger partial charge on any atom is -0.343 e. The Labute approximate surface area is 168 Å². The van der Waals surface area contributed by atoms with Crippen molar-refractivity contribution in [2.75, 3.05) is 11.9 Å². The molecule has 0 spiro atoms. The third kappa shape index (κ3) is 5.16. The Bertz CT molecular complexity index is 1040.